The Morgan fingerprint density at radius 2 is 1.88 bits per heavy atom. The van der Waals surface area contributed by atoms with Gasteiger partial charge >= 0.3 is 0 Å². The molecule has 0 bridgehead atoms. The van der Waals surface area contributed by atoms with E-state index in [1.165, 1.54) is 5.56 Å². The largest absolute Gasteiger partial charge is 0.497 e. The van der Waals surface area contributed by atoms with Gasteiger partial charge in [-0.25, -0.2) is 4.98 Å². The summed E-state index contributed by atoms with van der Waals surface area (Å²) < 4.78 is 5.15. The molecule has 6 heteroatoms. The first-order chi connectivity index (χ1) is 12.1. The molecule has 2 aromatic rings. The summed E-state index contributed by atoms with van der Waals surface area (Å²) in [6.45, 7) is 2.20. The fourth-order valence-corrected chi connectivity index (χ4v) is 2.26. The fraction of sp³-hybridized carbons (Fsp3) is 0.368. The van der Waals surface area contributed by atoms with Gasteiger partial charge in [-0.2, -0.15) is 0 Å². The van der Waals surface area contributed by atoms with Crippen molar-refractivity contribution in [1.29, 1.82) is 0 Å². The van der Waals surface area contributed by atoms with Crippen molar-refractivity contribution in [2.45, 2.75) is 6.42 Å². The van der Waals surface area contributed by atoms with Crippen molar-refractivity contribution in [1.82, 2.24) is 15.2 Å². The average molecular weight is 342 g/mol. The number of rotatable bonds is 9. The van der Waals surface area contributed by atoms with Crippen LogP contribution in [0.1, 0.15) is 16.1 Å². The Hall–Kier alpha value is -2.60. The highest BCUT2D eigenvalue weighted by Crippen LogP contribution is 2.12. The molecule has 1 aromatic heterocycles. The summed E-state index contributed by atoms with van der Waals surface area (Å²) in [5, 5.41) is 6.16. The van der Waals surface area contributed by atoms with E-state index in [0.29, 0.717) is 12.2 Å². The zero-order chi connectivity index (χ0) is 18.1. The first-order valence-electron chi connectivity index (χ1n) is 8.34. The smallest absolute Gasteiger partial charge is 0.269 e. The number of hydrogen-bond donors (Lipinski definition) is 2. The number of carbonyl (C=O) groups excluding carboxylic acids is 1. The third-order valence-electron chi connectivity index (χ3n) is 3.74. The number of anilines is 1. The minimum absolute atomic E-state index is 0.147. The number of aromatic nitrogens is 1. The lowest BCUT2D eigenvalue weighted by Gasteiger charge is -2.10. The van der Waals surface area contributed by atoms with Crippen LogP contribution in [0.2, 0.25) is 0 Å². The van der Waals surface area contributed by atoms with Crippen molar-refractivity contribution in [3.63, 3.8) is 0 Å². The Morgan fingerprint density at radius 3 is 2.48 bits per heavy atom. The van der Waals surface area contributed by atoms with Crippen LogP contribution < -0.4 is 15.4 Å². The number of nitrogens with one attached hydrogen (secondary N) is 2. The molecule has 2 rings (SSSR count). The van der Waals surface area contributed by atoms with Crippen LogP contribution in [0.15, 0.2) is 42.6 Å². The van der Waals surface area contributed by atoms with E-state index in [1.54, 1.807) is 19.4 Å². The maximum atomic E-state index is 12.0. The summed E-state index contributed by atoms with van der Waals surface area (Å²) >= 11 is 0. The van der Waals surface area contributed by atoms with Crippen molar-refractivity contribution in [3.8, 4) is 5.75 Å². The Kier molecular flexibility index (Phi) is 7.22. The van der Waals surface area contributed by atoms with Crippen molar-refractivity contribution in [2.75, 3.05) is 46.2 Å². The van der Waals surface area contributed by atoms with Crippen LogP contribution in [0.25, 0.3) is 0 Å². The van der Waals surface area contributed by atoms with Crippen LogP contribution >= 0.6 is 0 Å². The molecule has 0 spiro atoms. The second-order valence-electron chi connectivity index (χ2n) is 6.02. The molecule has 0 saturated carbocycles. The quantitative estimate of drug-likeness (QED) is 0.730. The molecule has 0 aliphatic carbocycles. The molecule has 1 heterocycles. The number of carbonyl (C=O) groups is 1. The van der Waals surface area contributed by atoms with Gasteiger partial charge in [-0.15, -0.1) is 0 Å². The van der Waals surface area contributed by atoms with Crippen molar-refractivity contribution < 1.29 is 9.53 Å². The predicted molar refractivity (Wildman–Crippen MR) is 100 cm³/mol. The number of hydrogen-bond acceptors (Lipinski definition) is 5. The average Bonchev–Trinajstić information content (AvgIpc) is 2.62. The highest BCUT2D eigenvalue weighted by molar-refractivity contribution is 5.92. The fourth-order valence-electron chi connectivity index (χ4n) is 2.26. The van der Waals surface area contributed by atoms with E-state index in [2.05, 4.69) is 27.8 Å². The Labute approximate surface area is 149 Å². The molecule has 6 nitrogen and oxygen atoms in total. The standard InChI is InChI=1S/C19H26N4O2/c1-23(2)13-12-21-19(24)18-9-6-16(14-22-18)20-11-10-15-4-7-17(25-3)8-5-15/h4-9,14,20H,10-13H2,1-3H3,(H,21,24). The van der Waals surface area contributed by atoms with E-state index in [9.17, 15) is 4.79 Å². The zero-order valence-corrected chi connectivity index (χ0v) is 15.1. The van der Waals surface area contributed by atoms with Gasteiger partial charge in [0, 0.05) is 19.6 Å². The molecule has 1 amide bonds. The minimum atomic E-state index is -0.147. The van der Waals surface area contributed by atoms with E-state index in [1.807, 2.05) is 37.2 Å². The van der Waals surface area contributed by atoms with Crippen LogP contribution in [0.3, 0.4) is 0 Å². The number of methoxy groups -OCH3 is 1. The molecule has 0 aliphatic rings. The molecule has 0 fully saturated rings. The summed E-state index contributed by atoms with van der Waals surface area (Å²) in [6, 6.07) is 11.6. The van der Waals surface area contributed by atoms with Crippen LogP contribution in [0.4, 0.5) is 5.69 Å². The van der Waals surface area contributed by atoms with Gasteiger partial charge in [-0.05, 0) is 50.3 Å². The lowest BCUT2D eigenvalue weighted by Crippen LogP contribution is -2.31. The lowest BCUT2D eigenvalue weighted by atomic mass is 10.1. The van der Waals surface area contributed by atoms with Gasteiger partial charge < -0.3 is 20.3 Å². The van der Waals surface area contributed by atoms with Crippen molar-refractivity contribution >= 4 is 11.6 Å². The van der Waals surface area contributed by atoms with E-state index in [0.717, 1.165) is 30.9 Å². The third-order valence-corrected chi connectivity index (χ3v) is 3.74. The van der Waals surface area contributed by atoms with Gasteiger partial charge in [0.15, 0.2) is 0 Å². The van der Waals surface area contributed by atoms with E-state index >= 15 is 0 Å². The summed E-state index contributed by atoms with van der Waals surface area (Å²) in [6.07, 6.45) is 2.59. The maximum absolute atomic E-state index is 12.0. The van der Waals surface area contributed by atoms with Gasteiger partial charge in [-0.3, -0.25) is 4.79 Å². The topological polar surface area (TPSA) is 66.5 Å². The molecule has 134 valence electrons. The molecule has 0 aliphatic heterocycles. The van der Waals surface area contributed by atoms with Crippen molar-refractivity contribution in [2.24, 2.45) is 0 Å². The summed E-state index contributed by atoms with van der Waals surface area (Å²) in [4.78, 5) is 18.2. The molecule has 0 saturated heterocycles. The van der Waals surface area contributed by atoms with E-state index in [-0.39, 0.29) is 5.91 Å². The normalized spacial score (nSPS) is 10.6. The first kappa shape index (κ1) is 18.7. The molecule has 0 unspecified atom stereocenters. The predicted octanol–water partition coefficient (Wildman–Crippen LogP) is 2.04. The second-order valence-corrected chi connectivity index (χ2v) is 6.02. The second kappa shape index (κ2) is 9.64. The summed E-state index contributed by atoms with van der Waals surface area (Å²) in [5.41, 5.74) is 2.57. The molecule has 0 radical (unpaired) electrons. The van der Waals surface area contributed by atoms with Gasteiger partial charge in [0.2, 0.25) is 0 Å². The van der Waals surface area contributed by atoms with Gasteiger partial charge in [0.05, 0.1) is 19.0 Å². The highest BCUT2D eigenvalue weighted by atomic mass is 16.5. The highest BCUT2D eigenvalue weighted by Gasteiger charge is 2.06. The number of amides is 1. The van der Waals surface area contributed by atoms with E-state index in [4.69, 9.17) is 4.74 Å². The molecular weight excluding hydrogens is 316 g/mol. The first-order valence-corrected chi connectivity index (χ1v) is 8.34. The summed E-state index contributed by atoms with van der Waals surface area (Å²) in [7, 11) is 5.60. The van der Waals surface area contributed by atoms with Crippen LogP contribution in [0.5, 0.6) is 5.75 Å². The van der Waals surface area contributed by atoms with Crippen LogP contribution in [0, 0.1) is 0 Å². The molecule has 25 heavy (non-hydrogen) atoms. The van der Waals surface area contributed by atoms with E-state index < -0.39 is 0 Å². The van der Waals surface area contributed by atoms with Crippen LogP contribution in [-0.4, -0.2) is 56.6 Å². The molecule has 0 atom stereocenters. The van der Waals surface area contributed by atoms with Gasteiger partial charge in [-0.1, -0.05) is 12.1 Å². The Morgan fingerprint density at radius 1 is 1.12 bits per heavy atom. The number of ether oxygens (including phenoxy) is 1. The molecule has 1 aromatic carbocycles. The third kappa shape index (κ3) is 6.43. The van der Waals surface area contributed by atoms with Gasteiger partial charge in [0.1, 0.15) is 11.4 Å². The van der Waals surface area contributed by atoms with Gasteiger partial charge in [0.25, 0.3) is 5.91 Å². The molecular formula is C19H26N4O2. The minimum Gasteiger partial charge on any atom is -0.497 e. The number of nitrogens with zero attached hydrogens (tertiary/aromatic N) is 2. The van der Waals surface area contributed by atoms with Crippen molar-refractivity contribution in [3.05, 3.63) is 53.9 Å². The zero-order valence-electron chi connectivity index (χ0n) is 15.1. The number of likely N-dealkylation sites (N-methyl/N-ethyl adjacent to an activating group) is 1. The Bertz CT molecular complexity index is 654. The van der Waals surface area contributed by atoms with Crippen LogP contribution in [-0.2, 0) is 6.42 Å². The summed E-state index contributed by atoms with van der Waals surface area (Å²) in [5.74, 6) is 0.715. The number of pyridine rings is 1. The number of benzene rings is 1. The maximum Gasteiger partial charge on any atom is 0.269 e. The lowest BCUT2D eigenvalue weighted by molar-refractivity contribution is 0.0946. The SMILES string of the molecule is COc1ccc(CCNc2ccc(C(=O)NCCN(C)C)nc2)cc1. The Balaban J connectivity index is 1.76. The molecule has 2 N–H and O–H groups in total. The monoisotopic (exact) mass is 342 g/mol.